The van der Waals surface area contributed by atoms with Gasteiger partial charge in [-0.1, -0.05) is 24.3 Å². The average Bonchev–Trinajstić information content (AvgIpc) is 2.39. The van der Waals surface area contributed by atoms with E-state index in [1.165, 1.54) is 48.5 Å². The van der Waals surface area contributed by atoms with E-state index in [2.05, 4.69) is 0 Å². The molecule has 2 rings (SSSR count). The predicted molar refractivity (Wildman–Crippen MR) is 66.1 cm³/mol. The van der Waals surface area contributed by atoms with E-state index in [-0.39, 0.29) is 5.78 Å². The van der Waals surface area contributed by atoms with Gasteiger partial charge in [-0.2, -0.15) is 0 Å². The van der Waals surface area contributed by atoms with Gasteiger partial charge < -0.3 is 10.0 Å². The number of halogens is 1. The van der Waals surface area contributed by atoms with E-state index in [9.17, 15) is 9.18 Å². The van der Waals surface area contributed by atoms with Crippen molar-refractivity contribution in [2.24, 2.45) is 0 Å². The van der Waals surface area contributed by atoms with Gasteiger partial charge in [0.15, 0.2) is 5.78 Å². The molecule has 0 unspecified atom stereocenters. The number of carbonyl (C=O) groups excluding carboxylic acids is 1. The summed E-state index contributed by atoms with van der Waals surface area (Å²) in [4.78, 5) is 12.0. The molecule has 0 aliphatic rings. The van der Waals surface area contributed by atoms with E-state index in [1.807, 2.05) is 0 Å². The Hall–Kier alpha value is -1.98. The first kappa shape index (κ1) is 12.5. The van der Waals surface area contributed by atoms with E-state index in [1.54, 1.807) is 0 Å². The van der Waals surface area contributed by atoms with Gasteiger partial charge in [0.2, 0.25) is 0 Å². The average molecular weight is 244 g/mol. The number of hydrogen-bond acceptors (Lipinski definition) is 3. The Morgan fingerprint density at radius 3 is 1.78 bits per heavy atom. The summed E-state index contributed by atoms with van der Waals surface area (Å²) in [5.41, 5.74) is 1.10. The Morgan fingerprint density at radius 1 is 0.889 bits per heavy atom. The fourth-order valence-corrected chi connectivity index (χ4v) is 1.57. The summed E-state index contributed by atoms with van der Waals surface area (Å²) in [6.07, 6.45) is 0. The lowest BCUT2D eigenvalue weighted by Gasteiger charge is -2.03. The Morgan fingerprint density at radius 2 is 1.33 bits per heavy atom. The molecule has 0 fully saturated rings. The SMILES string of the molecule is O=C(c1ccc(F)cc1)c1ccc(B(O)O)cc1. The molecule has 0 aliphatic carbocycles. The van der Waals surface area contributed by atoms with Crippen molar-refractivity contribution in [1.29, 1.82) is 0 Å². The molecule has 0 saturated heterocycles. The van der Waals surface area contributed by atoms with E-state index >= 15 is 0 Å². The minimum atomic E-state index is -1.56. The highest BCUT2D eigenvalue weighted by Crippen LogP contribution is 2.10. The molecule has 0 saturated carbocycles. The molecule has 2 aromatic rings. The van der Waals surface area contributed by atoms with Gasteiger partial charge >= 0.3 is 7.12 Å². The van der Waals surface area contributed by atoms with Crippen LogP contribution in [0.15, 0.2) is 48.5 Å². The first-order valence-corrected chi connectivity index (χ1v) is 5.34. The van der Waals surface area contributed by atoms with Crippen LogP contribution in [0.2, 0.25) is 0 Å². The molecule has 0 bridgehead atoms. The summed E-state index contributed by atoms with van der Waals surface area (Å²) in [5, 5.41) is 17.9. The molecular weight excluding hydrogens is 234 g/mol. The Balaban J connectivity index is 2.26. The first-order chi connectivity index (χ1) is 8.58. The molecule has 0 radical (unpaired) electrons. The molecule has 2 N–H and O–H groups in total. The highest BCUT2D eigenvalue weighted by Gasteiger charge is 2.13. The van der Waals surface area contributed by atoms with Crippen LogP contribution >= 0.6 is 0 Å². The van der Waals surface area contributed by atoms with Crippen LogP contribution in [0.3, 0.4) is 0 Å². The molecule has 0 spiro atoms. The maximum Gasteiger partial charge on any atom is 0.488 e. The molecule has 0 aliphatic heterocycles. The molecule has 0 atom stereocenters. The Bertz CT molecular complexity index is 549. The van der Waals surface area contributed by atoms with Gasteiger partial charge in [-0.15, -0.1) is 0 Å². The number of carbonyl (C=O) groups is 1. The van der Waals surface area contributed by atoms with Crippen molar-refractivity contribution in [3.63, 3.8) is 0 Å². The van der Waals surface area contributed by atoms with Crippen LogP contribution in [0.1, 0.15) is 15.9 Å². The van der Waals surface area contributed by atoms with Crippen LogP contribution in [0.5, 0.6) is 0 Å². The minimum absolute atomic E-state index is 0.242. The fraction of sp³-hybridized carbons (Fsp3) is 0. The van der Waals surface area contributed by atoms with Gasteiger partial charge in [-0.05, 0) is 29.7 Å². The number of ketones is 1. The first-order valence-electron chi connectivity index (χ1n) is 5.34. The zero-order chi connectivity index (χ0) is 13.1. The van der Waals surface area contributed by atoms with Crippen LogP contribution in [0.4, 0.5) is 4.39 Å². The van der Waals surface area contributed by atoms with Crippen molar-refractivity contribution < 1.29 is 19.2 Å². The van der Waals surface area contributed by atoms with E-state index in [4.69, 9.17) is 10.0 Å². The molecule has 2 aromatic carbocycles. The Labute approximate surface area is 104 Å². The lowest BCUT2D eigenvalue weighted by Crippen LogP contribution is -2.29. The Kier molecular flexibility index (Phi) is 3.55. The summed E-state index contributed by atoms with van der Waals surface area (Å²) in [5.74, 6) is -0.640. The van der Waals surface area contributed by atoms with E-state index < -0.39 is 12.9 Å². The summed E-state index contributed by atoms with van der Waals surface area (Å²) >= 11 is 0. The normalized spacial score (nSPS) is 10.2. The summed E-state index contributed by atoms with van der Waals surface area (Å²) in [7, 11) is -1.56. The van der Waals surface area contributed by atoms with Gasteiger partial charge in [-0.25, -0.2) is 4.39 Å². The second-order valence-corrected chi connectivity index (χ2v) is 3.83. The fourth-order valence-electron chi connectivity index (χ4n) is 1.57. The van der Waals surface area contributed by atoms with Crippen LogP contribution in [-0.2, 0) is 0 Å². The number of hydrogen-bond donors (Lipinski definition) is 2. The van der Waals surface area contributed by atoms with Crippen molar-refractivity contribution in [2.45, 2.75) is 0 Å². The van der Waals surface area contributed by atoms with Crippen LogP contribution in [0.25, 0.3) is 0 Å². The third-order valence-electron chi connectivity index (χ3n) is 2.58. The molecule has 90 valence electrons. The molecule has 0 amide bonds. The van der Waals surface area contributed by atoms with Crippen molar-refractivity contribution >= 4 is 18.4 Å². The molecule has 3 nitrogen and oxygen atoms in total. The van der Waals surface area contributed by atoms with Crippen molar-refractivity contribution in [3.05, 3.63) is 65.5 Å². The van der Waals surface area contributed by atoms with E-state index in [0.717, 1.165) is 0 Å². The second kappa shape index (κ2) is 5.12. The molecule has 0 aromatic heterocycles. The van der Waals surface area contributed by atoms with Crippen LogP contribution < -0.4 is 5.46 Å². The molecule has 5 heteroatoms. The highest BCUT2D eigenvalue weighted by atomic mass is 19.1. The van der Waals surface area contributed by atoms with Gasteiger partial charge in [0, 0.05) is 11.1 Å². The largest absolute Gasteiger partial charge is 0.488 e. The molecular formula is C13H10BFO3. The molecule has 0 heterocycles. The van der Waals surface area contributed by atoms with Gasteiger partial charge in [0.25, 0.3) is 0 Å². The van der Waals surface area contributed by atoms with Crippen LogP contribution in [0, 0.1) is 5.82 Å². The monoisotopic (exact) mass is 244 g/mol. The third-order valence-corrected chi connectivity index (χ3v) is 2.58. The standard InChI is InChI=1S/C13H10BFO3/c15-12-7-3-10(4-8-12)13(16)9-1-5-11(6-2-9)14(17)18/h1-8,17-18H. The van der Waals surface area contributed by atoms with Crippen molar-refractivity contribution in [3.8, 4) is 0 Å². The number of benzene rings is 2. The lowest BCUT2D eigenvalue weighted by molar-refractivity contribution is 0.103. The maximum absolute atomic E-state index is 12.7. The van der Waals surface area contributed by atoms with Gasteiger partial charge in [-0.3, -0.25) is 4.79 Å². The topological polar surface area (TPSA) is 57.5 Å². The van der Waals surface area contributed by atoms with Crippen molar-refractivity contribution in [1.82, 2.24) is 0 Å². The highest BCUT2D eigenvalue weighted by molar-refractivity contribution is 6.58. The van der Waals surface area contributed by atoms with Gasteiger partial charge in [0.05, 0.1) is 0 Å². The maximum atomic E-state index is 12.7. The zero-order valence-electron chi connectivity index (χ0n) is 9.38. The summed E-state index contributed by atoms with van der Waals surface area (Å²) in [6.45, 7) is 0. The number of rotatable bonds is 3. The second-order valence-electron chi connectivity index (χ2n) is 3.83. The van der Waals surface area contributed by atoms with Gasteiger partial charge in [0.1, 0.15) is 5.82 Å². The van der Waals surface area contributed by atoms with Crippen molar-refractivity contribution in [2.75, 3.05) is 0 Å². The minimum Gasteiger partial charge on any atom is -0.423 e. The summed E-state index contributed by atoms with van der Waals surface area (Å²) < 4.78 is 12.7. The zero-order valence-corrected chi connectivity index (χ0v) is 9.38. The van der Waals surface area contributed by atoms with Crippen LogP contribution in [-0.4, -0.2) is 22.9 Å². The lowest BCUT2D eigenvalue weighted by atomic mass is 9.80. The summed E-state index contributed by atoms with van der Waals surface area (Å²) in [6, 6.07) is 11.2. The smallest absolute Gasteiger partial charge is 0.423 e. The third kappa shape index (κ3) is 2.64. The predicted octanol–water partition coefficient (Wildman–Crippen LogP) is 0.736. The van der Waals surface area contributed by atoms with E-state index in [0.29, 0.717) is 16.6 Å². The quantitative estimate of drug-likeness (QED) is 0.618. The molecule has 18 heavy (non-hydrogen) atoms.